The third-order valence-corrected chi connectivity index (χ3v) is 6.27. The molecule has 174 valence electrons. The fourth-order valence-corrected chi connectivity index (χ4v) is 4.27. The summed E-state index contributed by atoms with van der Waals surface area (Å²) in [5.41, 5.74) is 4.69. The Hall–Kier alpha value is -3.13. The summed E-state index contributed by atoms with van der Waals surface area (Å²) in [6, 6.07) is 13.1. The molecular formula is C25H31N5O2S. The van der Waals surface area contributed by atoms with Crippen molar-refractivity contribution < 1.29 is 9.59 Å². The average Bonchev–Trinajstić information content (AvgIpc) is 3.10. The zero-order valence-corrected chi connectivity index (χ0v) is 20.8. The maximum Gasteiger partial charge on any atom is 0.251 e. The van der Waals surface area contributed by atoms with Crippen molar-refractivity contribution in [3.05, 3.63) is 70.5 Å². The highest BCUT2D eigenvalue weighted by atomic mass is 32.2. The number of aryl methyl sites for hydroxylation is 3. The second-order valence-electron chi connectivity index (χ2n) is 8.67. The number of rotatable bonds is 8. The Bertz CT molecular complexity index is 1120. The molecule has 0 aliphatic carbocycles. The van der Waals surface area contributed by atoms with Crippen molar-refractivity contribution in [1.29, 1.82) is 0 Å². The van der Waals surface area contributed by atoms with E-state index < -0.39 is 0 Å². The van der Waals surface area contributed by atoms with Crippen molar-refractivity contribution in [2.45, 2.75) is 45.8 Å². The lowest BCUT2D eigenvalue weighted by atomic mass is 10.0. The van der Waals surface area contributed by atoms with Gasteiger partial charge in [0.2, 0.25) is 5.91 Å². The summed E-state index contributed by atoms with van der Waals surface area (Å²) >= 11 is 1.31. The van der Waals surface area contributed by atoms with Gasteiger partial charge in [0.1, 0.15) is 0 Å². The Morgan fingerprint density at radius 3 is 2.21 bits per heavy atom. The molecule has 3 rings (SSSR count). The van der Waals surface area contributed by atoms with Crippen molar-refractivity contribution in [3.63, 3.8) is 0 Å². The number of anilines is 1. The molecule has 0 saturated carbocycles. The van der Waals surface area contributed by atoms with Gasteiger partial charge in [0.05, 0.1) is 11.8 Å². The van der Waals surface area contributed by atoms with Gasteiger partial charge in [-0.15, -0.1) is 10.2 Å². The molecule has 0 spiro atoms. The lowest BCUT2D eigenvalue weighted by molar-refractivity contribution is -0.113. The number of aromatic nitrogens is 3. The van der Waals surface area contributed by atoms with Crippen molar-refractivity contribution in [1.82, 2.24) is 20.1 Å². The van der Waals surface area contributed by atoms with Gasteiger partial charge in [-0.3, -0.25) is 9.59 Å². The predicted molar refractivity (Wildman–Crippen MR) is 132 cm³/mol. The minimum Gasteiger partial charge on any atom is -0.342 e. The standard InChI is InChI=1S/C25H31N5O2S/c1-15(2)22(27-24(32)19-9-7-16(3)8-10-19)23-28-29-25(30(23)6)33-14-21(31)26-20-12-17(4)11-18(5)13-20/h7-13,15,22H,14H2,1-6H3,(H,26,31)(H,27,32)/t22-/m1/s1. The molecule has 33 heavy (non-hydrogen) atoms. The van der Waals surface area contributed by atoms with Crippen LogP contribution in [0.1, 0.15) is 52.8 Å². The molecule has 1 heterocycles. The highest BCUT2D eigenvalue weighted by Gasteiger charge is 2.25. The molecule has 0 aliphatic heterocycles. The first-order valence-corrected chi connectivity index (χ1v) is 11.9. The van der Waals surface area contributed by atoms with Crippen LogP contribution in [0.15, 0.2) is 47.6 Å². The Balaban J connectivity index is 1.66. The number of benzene rings is 2. The number of hydrogen-bond donors (Lipinski definition) is 2. The second kappa shape index (κ2) is 10.7. The number of nitrogens with one attached hydrogen (secondary N) is 2. The van der Waals surface area contributed by atoms with Gasteiger partial charge >= 0.3 is 0 Å². The largest absolute Gasteiger partial charge is 0.342 e. The Labute approximate surface area is 199 Å². The summed E-state index contributed by atoms with van der Waals surface area (Å²) in [7, 11) is 1.85. The third kappa shape index (κ3) is 6.44. The van der Waals surface area contributed by atoms with E-state index in [2.05, 4.69) is 26.9 Å². The molecule has 8 heteroatoms. The van der Waals surface area contributed by atoms with Gasteiger partial charge < -0.3 is 15.2 Å². The zero-order valence-electron chi connectivity index (χ0n) is 20.0. The molecule has 1 atom stereocenters. The van der Waals surface area contributed by atoms with Gasteiger partial charge in [-0.05, 0) is 62.1 Å². The number of carbonyl (C=O) groups excluding carboxylic acids is 2. The van der Waals surface area contributed by atoms with E-state index in [-0.39, 0.29) is 29.5 Å². The predicted octanol–water partition coefficient (Wildman–Crippen LogP) is 4.60. The molecule has 2 N–H and O–H groups in total. The lowest BCUT2D eigenvalue weighted by Gasteiger charge is -2.21. The molecule has 1 aromatic heterocycles. The summed E-state index contributed by atoms with van der Waals surface area (Å²) in [6.45, 7) is 10.0. The molecule has 0 saturated heterocycles. The van der Waals surface area contributed by atoms with E-state index in [4.69, 9.17) is 0 Å². The minimum absolute atomic E-state index is 0.105. The van der Waals surface area contributed by atoms with E-state index in [1.807, 2.05) is 82.6 Å². The van der Waals surface area contributed by atoms with Crippen LogP contribution in [-0.2, 0) is 11.8 Å². The monoisotopic (exact) mass is 465 g/mol. The fourth-order valence-electron chi connectivity index (χ4n) is 3.56. The highest BCUT2D eigenvalue weighted by molar-refractivity contribution is 7.99. The molecular weight excluding hydrogens is 434 g/mol. The maximum absolute atomic E-state index is 12.8. The van der Waals surface area contributed by atoms with Gasteiger partial charge in [-0.25, -0.2) is 0 Å². The normalized spacial score (nSPS) is 12.0. The Morgan fingerprint density at radius 1 is 0.970 bits per heavy atom. The van der Waals surface area contributed by atoms with E-state index >= 15 is 0 Å². The molecule has 0 bridgehead atoms. The second-order valence-corrected chi connectivity index (χ2v) is 9.62. The smallest absolute Gasteiger partial charge is 0.251 e. The molecule has 0 aliphatic rings. The molecule has 7 nitrogen and oxygen atoms in total. The number of hydrogen-bond acceptors (Lipinski definition) is 5. The minimum atomic E-state index is -0.310. The van der Waals surface area contributed by atoms with Crippen LogP contribution >= 0.6 is 11.8 Å². The first kappa shape index (κ1) is 24.5. The SMILES string of the molecule is Cc1ccc(C(=O)N[C@@H](c2nnc(SCC(=O)Nc3cc(C)cc(C)c3)n2C)C(C)C)cc1. The number of nitrogens with zero attached hydrogens (tertiary/aromatic N) is 3. The molecule has 3 aromatic rings. The van der Waals surface area contributed by atoms with Crippen LogP contribution in [0.5, 0.6) is 0 Å². The van der Waals surface area contributed by atoms with Crippen LogP contribution in [0.2, 0.25) is 0 Å². The van der Waals surface area contributed by atoms with E-state index in [9.17, 15) is 9.59 Å². The topological polar surface area (TPSA) is 88.9 Å². The van der Waals surface area contributed by atoms with Gasteiger partial charge in [-0.2, -0.15) is 0 Å². The number of thioether (sulfide) groups is 1. The first-order chi connectivity index (χ1) is 15.6. The van der Waals surface area contributed by atoms with E-state index in [0.29, 0.717) is 16.5 Å². The molecule has 2 aromatic carbocycles. The Kier molecular flexibility index (Phi) is 7.92. The van der Waals surface area contributed by atoms with E-state index in [1.165, 1.54) is 11.8 Å². The third-order valence-electron chi connectivity index (χ3n) is 5.25. The zero-order chi connectivity index (χ0) is 24.1. The molecule has 0 fully saturated rings. The number of amides is 2. The van der Waals surface area contributed by atoms with Crippen LogP contribution in [-0.4, -0.2) is 32.3 Å². The van der Waals surface area contributed by atoms with Gasteiger partial charge in [0.25, 0.3) is 5.91 Å². The highest BCUT2D eigenvalue weighted by Crippen LogP contribution is 2.25. The summed E-state index contributed by atoms with van der Waals surface area (Å²) in [6.07, 6.45) is 0. The van der Waals surface area contributed by atoms with Crippen LogP contribution < -0.4 is 10.6 Å². The average molecular weight is 466 g/mol. The van der Waals surface area contributed by atoms with Crippen LogP contribution in [0.25, 0.3) is 0 Å². The maximum atomic E-state index is 12.8. The van der Waals surface area contributed by atoms with Gasteiger partial charge in [0, 0.05) is 18.3 Å². The summed E-state index contributed by atoms with van der Waals surface area (Å²) in [4.78, 5) is 25.2. The van der Waals surface area contributed by atoms with Crippen molar-refractivity contribution in [2.24, 2.45) is 13.0 Å². The number of carbonyl (C=O) groups is 2. The lowest BCUT2D eigenvalue weighted by Crippen LogP contribution is -2.33. The van der Waals surface area contributed by atoms with Crippen LogP contribution in [0.3, 0.4) is 0 Å². The molecule has 2 amide bonds. The summed E-state index contributed by atoms with van der Waals surface area (Å²) in [5, 5.41) is 15.2. The first-order valence-electron chi connectivity index (χ1n) is 10.9. The van der Waals surface area contributed by atoms with E-state index in [1.54, 1.807) is 0 Å². The van der Waals surface area contributed by atoms with Crippen LogP contribution in [0, 0.1) is 26.7 Å². The van der Waals surface area contributed by atoms with Crippen LogP contribution in [0.4, 0.5) is 5.69 Å². The summed E-state index contributed by atoms with van der Waals surface area (Å²) < 4.78 is 1.84. The van der Waals surface area contributed by atoms with E-state index in [0.717, 1.165) is 22.4 Å². The molecule has 0 radical (unpaired) electrons. The Morgan fingerprint density at radius 2 is 1.61 bits per heavy atom. The van der Waals surface area contributed by atoms with Crippen molar-refractivity contribution in [2.75, 3.05) is 11.1 Å². The van der Waals surface area contributed by atoms with Gasteiger partial charge in [0.15, 0.2) is 11.0 Å². The van der Waals surface area contributed by atoms with Crippen molar-refractivity contribution >= 4 is 29.3 Å². The fraction of sp³-hybridized carbons (Fsp3) is 0.360. The van der Waals surface area contributed by atoms with Gasteiger partial charge in [-0.1, -0.05) is 49.4 Å². The van der Waals surface area contributed by atoms with Crippen molar-refractivity contribution in [3.8, 4) is 0 Å². The quantitative estimate of drug-likeness (QED) is 0.475. The molecule has 0 unspecified atom stereocenters. The summed E-state index contributed by atoms with van der Waals surface area (Å²) in [5.74, 6) is 0.707.